The molecule has 0 unspecified atom stereocenters. The van der Waals surface area contributed by atoms with Gasteiger partial charge in [0.05, 0.1) is 4.90 Å². The van der Waals surface area contributed by atoms with Gasteiger partial charge >= 0.3 is 6.09 Å². The van der Waals surface area contributed by atoms with Crippen molar-refractivity contribution >= 4 is 25.8 Å². The fraction of sp³-hybridized carbons (Fsp3) is 0.174. The Balaban J connectivity index is 2.20. The molecule has 0 spiro atoms. The van der Waals surface area contributed by atoms with E-state index in [1.807, 2.05) is 48.5 Å². The van der Waals surface area contributed by atoms with Gasteiger partial charge in [-0.1, -0.05) is 48.5 Å². The van der Waals surface area contributed by atoms with Gasteiger partial charge in [-0.25, -0.2) is 13.2 Å². The third-order valence-corrected chi connectivity index (χ3v) is 7.34. The quantitative estimate of drug-likeness (QED) is 0.445. The normalized spacial score (nSPS) is 13.1. The van der Waals surface area contributed by atoms with Gasteiger partial charge in [0, 0.05) is 22.2 Å². The van der Waals surface area contributed by atoms with Crippen molar-refractivity contribution in [1.29, 1.82) is 0 Å². The molecule has 0 bridgehead atoms. The zero-order chi connectivity index (χ0) is 21.8. The van der Waals surface area contributed by atoms with Crippen molar-refractivity contribution in [2.24, 2.45) is 5.73 Å². The predicted molar refractivity (Wildman–Crippen MR) is 117 cm³/mol. The van der Waals surface area contributed by atoms with E-state index < -0.39 is 21.1 Å². The number of fused-ring (bicyclic) bond motifs is 3. The van der Waals surface area contributed by atoms with Gasteiger partial charge in [0.25, 0.3) is 9.05 Å². The molecule has 0 aliphatic heterocycles. The minimum Gasteiger partial charge on any atom is -0.410 e. The molecular weight excluding hydrogens is 422 g/mol. The van der Waals surface area contributed by atoms with Crippen molar-refractivity contribution in [1.82, 2.24) is 0 Å². The Morgan fingerprint density at radius 1 is 0.900 bits per heavy atom. The molecule has 0 atom stereocenters. The third kappa shape index (κ3) is 3.07. The van der Waals surface area contributed by atoms with Crippen molar-refractivity contribution in [3.05, 3.63) is 81.9 Å². The lowest BCUT2D eigenvalue weighted by molar-refractivity contribution is 0.210. The van der Waals surface area contributed by atoms with Crippen LogP contribution < -0.4 is 10.5 Å². The Kier molecular flexibility index (Phi) is 4.87. The molecule has 0 fully saturated rings. The number of nitrogens with two attached hydrogens (primary N) is 1. The maximum absolute atomic E-state index is 12.8. The number of hydrogen-bond acceptors (Lipinski definition) is 4. The van der Waals surface area contributed by atoms with Crippen LogP contribution in [-0.2, 0) is 9.05 Å². The van der Waals surface area contributed by atoms with Crippen LogP contribution in [0.2, 0.25) is 0 Å². The van der Waals surface area contributed by atoms with E-state index in [-0.39, 0.29) is 10.6 Å². The first-order valence-electron chi connectivity index (χ1n) is 9.36. The van der Waals surface area contributed by atoms with Gasteiger partial charge in [0.2, 0.25) is 0 Å². The molecule has 3 aromatic carbocycles. The molecule has 0 heterocycles. The fourth-order valence-electron chi connectivity index (χ4n) is 4.40. The number of ether oxygens (including phenoxy) is 1. The first kappa shape index (κ1) is 20.4. The van der Waals surface area contributed by atoms with Crippen LogP contribution in [0.4, 0.5) is 4.79 Å². The van der Waals surface area contributed by atoms with Crippen LogP contribution in [0, 0.1) is 20.8 Å². The summed E-state index contributed by atoms with van der Waals surface area (Å²) in [5.74, 6) is -0.338. The van der Waals surface area contributed by atoms with Crippen LogP contribution in [0.3, 0.4) is 0 Å². The second-order valence-electron chi connectivity index (χ2n) is 7.41. The van der Waals surface area contributed by atoms with Crippen molar-refractivity contribution in [2.45, 2.75) is 31.6 Å². The second kappa shape index (κ2) is 7.15. The number of amides is 1. The minimum absolute atomic E-state index is 0.0416. The highest BCUT2D eigenvalue weighted by Crippen LogP contribution is 2.53. The Morgan fingerprint density at radius 3 is 1.87 bits per heavy atom. The Labute approximate surface area is 179 Å². The highest BCUT2D eigenvalue weighted by atomic mass is 35.7. The van der Waals surface area contributed by atoms with E-state index >= 15 is 0 Å². The second-order valence-corrected chi connectivity index (χ2v) is 9.92. The largest absolute Gasteiger partial charge is 0.410 e. The Bertz CT molecular complexity index is 1270. The van der Waals surface area contributed by atoms with Crippen LogP contribution in [-0.4, -0.2) is 14.5 Å². The molecule has 0 radical (unpaired) electrons. The molecule has 1 amide bonds. The Hall–Kier alpha value is -2.83. The average Bonchev–Trinajstić information content (AvgIpc) is 3.01. The maximum atomic E-state index is 12.8. The number of hydrogen-bond donors (Lipinski definition) is 1. The lowest BCUT2D eigenvalue weighted by Gasteiger charge is -2.25. The van der Waals surface area contributed by atoms with E-state index in [0.717, 1.165) is 22.3 Å². The van der Waals surface area contributed by atoms with Gasteiger partial charge in [-0.3, -0.25) is 0 Å². The summed E-state index contributed by atoms with van der Waals surface area (Å²) < 4.78 is 30.9. The molecule has 7 heteroatoms. The summed E-state index contributed by atoms with van der Waals surface area (Å²) in [4.78, 5) is 11.7. The third-order valence-electron chi connectivity index (χ3n) is 5.86. The number of carbonyl (C=O) groups is 1. The Morgan fingerprint density at radius 2 is 1.40 bits per heavy atom. The monoisotopic (exact) mass is 441 g/mol. The van der Waals surface area contributed by atoms with E-state index in [1.165, 1.54) is 0 Å². The molecule has 0 saturated heterocycles. The highest BCUT2D eigenvalue weighted by Gasteiger charge is 2.38. The van der Waals surface area contributed by atoms with Crippen LogP contribution in [0.1, 0.15) is 39.3 Å². The first-order chi connectivity index (χ1) is 14.1. The van der Waals surface area contributed by atoms with Crippen LogP contribution in [0.15, 0.2) is 53.4 Å². The molecule has 2 N–H and O–H groups in total. The summed E-state index contributed by atoms with van der Waals surface area (Å²) in [5, 5.41) is 0. The van der Waals surface area contributed by atoms with E-state index in [4.69, 9.17) is 21.2 Å². The molecular formula is C23H20ClNO4S. The zero-order valence-electron chi connectivity index (χ0n) is 16.7. The molecule has 30 heavy (non-hydrogen) atoms. The summed E-state index contributed by atoms with van der Waals surface area (Å²) >= 11 is 0. The van der Waals surface area contributed by atoms with Crippen LogP contribution in [0.25, 0.3) is 11.1 Å². The summed E-state index contributed by atoms with van der Waals surface area (Å²) in [5.41, 5.74) is 11.4. The standard InChI is InChI=1S/C23H20ClNO4S/c1-12-13(2)21(29-23(25)26)20(22(14(12)3)30(24,27)28)19-17-10-6-4-8-15(17)16-9-5-7-11-18(16)19/h4-11,19H,1-3H3,(H2,25,26). The molecule has 3 aromatic rings. The predicted octanol–water partition coefficient (Wildman–Crippen LogP) is 5.16. The topological polar surface area (TPSA) is 86.5 Å². The van der Waals surface area contributed by atoms with Gasteiger partial charge in [0.15, 0.2) is 0 Å². The van der Waals surface area contributed by atoms with E-state index in [0.29, 0.717) is 22.3 Å². The molecule has 154 valence electrons. The van der Waals surface area contributed by atoms with E-state index in [9.17, 15) is 13.2 Å². The fourth-order valence-corrected chi connectivity index (χ4v) is 5.99. The molecule has 0 aromatic heterocycles. The van der Waals surface area contributed by atoms with Gasteiger partial charge < -0.3 is 10.5 Å². The average molecular weight is 442 g/mol. The van der Waals surface area contributed by atoms with Crippen molar-refractivity contribution in [2.75, 3.05) is 0 Å². The van der Waals surface area contributed by atoms with Gasteiger partial charge in [0.1, 0.15) is 5.75 Å². The van der Waals surface area contributed by atoms with E-state index in [1.54, 1.807) is 20.8 Å². The van der Waals surface area contributed by atoms with E-state index in [2.05, 4.69) is 0 Å². The highest BCUT2D eigenvalue weighted by molar-refractivity contribution is 8.13. The first-order valence-corrected chi connectivity index (χ1v) is 11.7. The summed E-state index contributed by atoms with van der Waals surface area (Å²) in [6.07, 6.45) is -1.01. The molecule has 1 aliphatic carbocycles. The number of halogens is 1. The summed E-state index contributed by atoms with van der Waals surface area (Å²) in [7, 11) is 1.77. The van der Waals surface area contributed by atoms with Gasteiger partial charge in [-0.15, -0.1) is 0 Å². The smallest absolute Gasteiger partial charge is 0.409 e. The molecule has 1 aliphatic rings. The van der Waals surface area contributed by atoms with Gasteiger partial charge in [-0.2, -0.15) is 0 Å². The van der Waals surface area contributed by atoms with Crippen molar-refractivity contribution in [3.63, 3.8) is 0 Å². The van der Waals surface area contributed by atoms with Crippen LogP contribution in [0.5, 0.6) is 5.75 Å². The summed E-state index contributed by atoms with van der Waals surface area (Å²) in [6.45, 7) is 5.26. The lowest BCUT2D eigenvalue weighted by atomic mass is 9.85. The maximum Gasteiger partial charge on any atom is 0.409 e. The number of primary amides is 1. The SMILES string of the molecule is Cc1c(C)c(OC(N)=O)c(C2c3ccccc3-c3ccccc32)c(S(=O)(=O)Cl)c1C. The van der Waals surface area contributed by atoms with Crippen molar-refractivity contribution < 1.29 is 17.9 Å². The lowest BCUT2D eigenvalue weighted by Crippen LogP contribution is -2.21. The molecule has 0 saturated carbocycles. The molecule has 4 rings (SSSR count). The number of rotatable bonds is 3. The van der Waals surface area contributed by atoms with Gasteiger partial charge in [-0.05, 0) is 59.7 Å². The summed E-state index contributed by atoms with van der Waals surface area (Å²) in [6, 6.07) is 15.5. The number of benzene rings is 3. The minimum atomic E-state index is -4.16. The number of carbonyl (C=O) groups excluding carboxylic acids is 1. The van der Waals surface area contributed by atoms with Crippen molar-refractivity contribution in [3.8, 4) is 16.9 Å². The molecule has 5 nitrogen and oxygen atoms in total. The van der Waals surface area contributed by atoms with Crippen LogP contribution >= 0.6 is 10.7 Å². The zero-order valence-corrected chi connectivity index (χ0v) is 18.3.